The van der Waals surface area contributed by atoms with E-state index in [2.05, 4.69) is 18.7 Å². The zero-order valence-electron chi connectivity index (χ0n) is 18.7. The first-order valence-electron chi connectivity index (χ1n) is 10.9. The highest BCUT2D eigenvalue weighted by atomic mass is 35.5. The lowest BCUT2D eigenvalue weighted by Gasteiger charge is -2.25. The molecule has 0 radical (unpaired) electrons. The lowest BCUT2D eigenvalue weighted by Crippen LogP contribution is -2.39. The fourth-order valence-corrected chi connectivity index (χ4v) is 4.80. The van der Waals surface area contributed by atoms with Crippen molar-refractivity contribution in [2.75, 3.05) is 36.0 Å². The van der Waals surface area contributed by atoms with Crippen LogP contribution in [0, 0.1) is 0 Å². The van der Waals surface area contributed by atoms with Crippen LogP contribution in [0.3, 0.4) is 0 Å². The van der Waals surface area contributed by atoms with Gasteiger partial charge in [0, 0.05) is 31.5 Å². The highest BCUT2D eigenvalue weighted by Gasteiger charge is 2.30. The number of nitrogens with zero attached hydrogens (tertiary/aromatic N) is 4. The van der Waals surface area contributed by atoms with Crippen molar-refractivity contribution >= 4 is 62.5 Å². The number of carbonyl (C=O) groups excluding carboxylic acids is 3. The third-order valence-electron chi connectivity index (χ3n) is 5.72. The van der Waals surface area contributed by atoms with Crippen LogP contribution in [0.1, 0.15) is 37.0 Å². The van der Waals surface area contributed by atoms with Crippen molar-refractivity contribution in [1.82, 2.24) is 9.88 Å². The molecule has 1 saturated heterocycles. The highest BCUT2D eigenvalue weighted by molar-refractivity contribution is 7.22. The maximum Gasteiger partial charge on any atom is 0.260 e. The number of halogens is 1. The molecule has 33 heavy (non-hydrogen) atoms. The second kappa shape index (κ2) is 10.9. The van der Waals surface area contributed by atoms with Crippen molar-refractivity contribution in [3.05, 3.63) is 54.1 Å². The molecule has 9 heteroatoms. The van der Waals surface area contributed by atoms with Crippen molar-refractivity contribution < 1.29 is 14.4 Å². The molecule has 2 aromatic carbocycles. The second-order valence-corrected chi connectivity index (χ2v) is 8.63. The molecule has 7 nitrogen and oxygen atoms in total. The van der Waals surface area contributed by atoms with E-state index in [4.69, 9.17) is 4.98 Å². The van der Waals surface area contributed by atoms with Crippen molar-refractivity contribution in [1.29, 1.82) is 0 Å². The van der Waals surface area contributed by atoms with Gasteiger partial charge in [-0.2, -0.15) is 0 Å². The number of carbonyl (C=O) groups is 3. The minimum absolute atomic E-state index is 0. The van der Waals surface area contributed by atoms with Gasteiger partial charge in [0.05, 0.1) is 15.9 Å². The third kappa shape index (κ3) is 5.24. The summed E-state index contributed by atoms with van der Waals surface area (Å²) in [6.45, 7) is 7.28. The van der Waals surface area contributed by atoms with Crippen LogP contribution in [0.2, 0.25) is 0 Å². The first-order chi connectivity index (χ1) is 15.5. The average Bonchev–Trinajstić information content (AvgIpc) is 3.39. The molecule has 4 rings (SSSR count). The summed E-state index contributed by atoms with van der Waals surface area (Å²) in [6.07, 6.45) is 0.465. The Morgan fingerprint density at radius 1 is 0.970 bits per heavy atom. The van der Waals surface area contributed by atoms with E-state index in [0.29, 0.717) is 22.9 Å². The summed E-state index contributed by atoms with van der Waals surface area (Å²) in [5, 5.41) is 0.664. The minimum Gasteiger partial charge on any atom is -0.302 e. The number of benzene rings is 2. The quantitative estimate of drug-likeness (QED) is 0.442. The summed E-state index contributed by atoms with van der Waals surface area (Å²) in [7, 11) is 0. The number of amides is 3. The SMILES string of the molecule is CCN(CC)CCN(C(=O)c1ccc(N2C(=O)CCC2=O)cc1)c1nc2ccccc2s1.Cl. The zero-order chi connectivity index (χ0) is 22.7. The smallest absolute Gasteiger partial charge is 0.260 e. The zero-order valence-corrected chi connectivity index (χ0v) is 20.3. The minimum atomic E-state index is -0.204. The fourth-order valence-electron chi connectivity index (χ4n) is 3.81. The lowest BCUT2D eigenvalue weighted by molar-refractivity contribution is -0.121. The number of hydrogen-bond donors (Lipinski definition) is 0. The molecule has 0 N–H and O–H groups in total. The number of thiazole rings is 1. The van der Waals surface area contributed by atoms with Crippen LogP contribution in [0.15, 0.2) is 48.5 Å². The number of para-hydroxylation sites is 1. The van der Waals surface area contributed by atoms with Gasteiger partial charge in [-0.15, -0.1) is 12.4 Å². The Morgan fingerprint density at radius 3 is 2.21 bits per heavy atom. The topological polar surface area (TPSA) is 73.8 Å². The number of anilines is 2. The van der Waals surface area contributed by atoms with Crippen LogP contribution >= 0.6 is 23.7 Å². The predicted molar refractivity (Wildman–Crippen MR) is 135 cm³/mol. The molecule has 1 aromatic heterocycles. The fraction of sp³-hybridized carbons (Fsp3) is 0.333. The molecule has 2 heterocycles. The Morgan fingerprint density at radius 2 is 1.61 bits per heavy atom. The van der Waals surface area contributed by atoms with Crippen LogP contribution < -0.4 is 9.80 Å². The van der Waals surface area contributed by atoms with Gasteiger partial charge in [0.25, 0.3) is 5.91 Å². The van der Waals surface area contributed by atoms with Crippen LogP contribution in [0.5, 0.6) is 0 Å². The average molecular weight is 487 g/mol. The summed E-state index contributed by atoms with van der Waals surface area (Å²) in [5.74, 6) is -0.560. The molecular weight excluding hydrogens is 460 g/mol. The van der Waals surface area contributed by atoms with E-state index in [-0.39, 0.29) is 43.0 Å². The summed E-state index contributed by atoms with van der Waals surface area (Å²) in [5.41, 5.74) is 1.87. The maximum absolute atomic E-state index is 13.5. The largest absolute Gasteiger partial charge is 0.302 e. The number of aromatic nitrogens is 1. The Labute approximate surface area is 203 Å². The van der Waals surface area contributed by atoms with Crippen LogP contribution in [-0.2, 0) is 9.59 Å². The summed E-state index contributed by atoms with van der Waals surface area (Å²) >= 11 is 1.50. The van der Waals surface area contributed by atoms with Crippen molar-refractivity contribution in [2.45, 2.75) is 26.7 Å². The molecular formula is C24H27ClN4O3S. The third-order valence-corrected chi connectivity index (χ3v) is 6.78. The molecule has 3 aromatic rings. The van der Waals surface area contributed by atoms with Crippen molar-refractivity contribution in [3.63, 3.8) is 0 Å². The molecule has 0 bridgehead atoms. The molecule has 1 aliphatic heterocycles. The van der Waals surface area contributed by atoms with Gasteiger partial charge in [-0.25, -0.2) is 4.98 Å². The van der Waals surface area contributed by atoms with Gasteiger partial charge in [-0.3, -0.25) is 24.2 Å². The molecule has 0 aliphatic carbocycles. The number of likely N-dealkylation sites (N-methyl/N-ethyl adjacent to an activating group) is 1. The van der Waals surface area contributed by atoms with Crippen LogP contribution in [-0.4, -0.2) is 53.8 Å². The molecule has 1 aliphatic rings. The van der Waals surface area contributed by atoms with E-state index in [0.717, 1.165) is 29.9 Å². The molecule has 1 fully saturated rings. The summed E-state index contributed by atoms with van der Waals surface area (Å²) < 4.78 is 1.03. The Hall–Kier alpha value is -2.81. The number of hydrogen-bond acceptors (Lipinski definition) is 6. The number of rotatable bonds is 8. The normalized spacial score (nSPS) is 13.6. The maximum atomic E-state index is 13.5. The van der Waals surface area contributed by atoms with E-state index < -0.39 is 0 Å². The monoisotopic (exact) mass is 486 g/mol. The molecule has 0 unspecified atom stereocenters. The Kier molecular flexibility index (Phi) is 8.18. The van der Waals surface area contributed by atoms with Crippen molar-refractivity contribution in [2.24, 2.45) is 0 Å². The van der Waals surface area contributed by atoms with Gasteiger partial charge in [0.1, 0.15) is 0 Å². The molecule has 0 atom stereocenters. The predicted octanol–water partition coefficient (Wildman–Crippen LogP) is 4.36. The highest BCUT2D eigenvalue weighted by Crippen LogP contribution is 2.30. The molecule has 174 valence electrons. The summed E-state index contributed by atoms with van der Waals surface area (Å²) in [4.78, 5) is 47.4. The standard InChI is InChI=1S/C24H26N4O3S.ClH/c1-3-26(4-2)15-16-27(24-25-19-7-5-6-8-20(19)32-24)23(31)17-9-11-18(12-10-17)28-21(29)13-14-22(28)30;/h5-12H,3-4,13-16H2,1-2H3;1H. The first kappa shape index (κ1) is 24.8. The van der Waals surface area contributed by atoms with Crippen LogP contribution in [0.4, 0.5) is 10.8 Å². The lowest BCUT2D eigenvalue weighted by atomic mass is 10.1. The van der Waals surface area contributed by atoms with Gasteiger partial charge in [0.15, 0.2) is 5.13 Å². The summed E-state index contributed by atoms with van der Waals surface area (Å²) in [6, 6.07) is 14.5. The van der Waals surface area contributed by atoms with Gasteiger partial charge >= 0.3 is 0 Å². The van der Waals surface area contributed by atoms with E-state index in [1.165, 1.54) is 16.2 Å². The number of imide groups is 1. The Bertz CT molecular complexity index is 1100. The van der Waals surface area contributed by atoms with Gasteiger partial charge in [-0.1, -0.05) is 37.3 Å². The second-order valence-electron chi connectivity index (χ2n) is 7.62. The molecule has 0 saturated carbocycles. The van der Waals surface area contributed by atoms with Gasteiger partial charge < -0.3 is 4.90 Å². The molecule has 0 spiro atoms. The number of fused-ring (bicyclic) bond motifs is 1. The van der Waals surface area contributed by atoms with E-state index in [1.54, 1.807) is 29.2 Å². The van der Waals surface area contributed by atoms with E-state index in [1.807, 2.05) is 24.3 Å². The van der Waals surface area contributed by atoms with E-state index in [9.17, 15) is 14.4 Å². The van der Waals surface area contributed by atoms with Crippen molar-refractivity contribution in [3.8, 4) is 0 Å². The van der Waals surface area contributed by atoms with Gasteiger partial charge in [-0.05, 0) is 49.5 Å². The van der Waals surface area contributed by atoms with Gasteiger partial charge in [0.2, 0.25) is 11.8 Å². The van der Waals surface area contributed by atoms with E-state index >= 15 is 0 Å². The van der Waals surface area contributed by atoms with Crippen LogP contribution in [0.25, 0.3) is 10.2 Å². The first-order valence-corrected chi connectivity index (χ1v) is 11.7. The Balaban J connectivity index is 0.00000306. The molecule has 3 amide bonds.